The summed E-state index contributed by atoms with van der Waals surface area (Å²) >= 11 is 0. The van der Waals surface area contributed by atoms with Crippen LogP contribution in [0, 0.1) is 0 Å². The van der Waals surface area contributed by atoms with E-state index in [-0.39, 0.29) is 6.61 Å². The van der Waals surface area contributed by atoms with Crippen molar-refractivity contribution in [2.45, 2.75) is 13.0 Å². The molecule has 0 fully saturated rings. The zero-order valence-electron chi connectivity index (χ0n) is 5.58. The number of nitrogens with zero attached hydrogens (tertiary/aromatic N) is 1. The number of hydrogen-bond acceptors (Lipinski definition) is 4. The normalized spacial score (nSPS) is 10.2. The van der Waals surface area contributed by atoms with E-state index in [4.69, 9.17) is 15.3 Å². The van der Waals surface area contributed by atoms with E-state index in [1.165, 1.54) is 0 Å². The Morgan fingerprint density at radius 1 is 1.70 bits per heavy atom. The summed E-state index contributed by atoms with van der Waals surface area (Å²) in [5, 5.41) is 8.47. The van der Waals surface area contributed by atoms with Crippen LogP contribution in [-0.2, 0) is 13.0 Å². The molecule has 0 radical (unpaired) electrons. The molecule has 0 atom stereocenters. The first-order valence-electron chi connectivity index (χ1n) is 3.11. The van der Waals surface area contributed by atoms with Crippen molar-refractivity contribution in [2.24, 2.45) is 5.73 Å². The van der Waals surface area contributed by atoms with E-state index in [9.17, 15) is 0 Å². The second-order valence-electron chi connectivity index (χ2n) is 1.90. The van der Waals surface area contributed by atoms with E-state index in [0.717, 1.165) is 0 Å². The molecule has 0 aliphatic carbocycles. The van der Waals surface area contributed by atoms with E-state index in [1.54, 1.807) is 6.20 Å². The number of aliphatic hydroxyl groups is 1. The highest BCUT2D eigenvalue weighted by molar-refractivity contribution is 4.92. The van der Waals surface area contributed by atoms with Gasteiger partial charge in [-0.05, 0) is 0 Å². The molecule has 0 bridgehead atoms. The fourth-order valence-electron chi connectivity index (χ4n) is 0.654. The number of rotatable bonds is 3. The average molecular weight is 142 g/mol. The summed E-state index contributed by atoms with van der Waals surface area (Å²) < 4.78 is 5.08. The molecular formula is C6H10N2O2. The van der Waals surface area contributed by atoms with E-state index in [1.807, 2.05) is 0 Å². The second kappa shape index (κ2) is 3.34. The maximum Gasteiger partial charge on any atom is 0.196 e. The number of aliphatic hydroxyl groups excluding tert-OH is 1. The van der Waals surface area contributed by atoms with Gasteiger partial charge in [0.2, 0.25) is 0 Å². The molecule has 0 aliphatic rings. The molecule has 0 aliphatic heterocycles. The fourth-order valence-corrected chi connectivity index (χ4v) is 0.654. The van der Waals surface area contributed by atoms with Gasteiger partial charge in [-0.2, -0.15) is 0 Å². The smallest absolute Gasteiger partial charge is 0.196 e. The zero-order valence-corrected chi connectivity index (χ0v) is 5.58. The molecule has 4 nitrogen and oxygen atoms in total. The van der Waals surface area contributed by atoms with Crippen LogP contribution in [0.15, 0.2) is 10.6 Å². The Morgan fingerprint density at radius 2 is 2.50 bits per heavy atom. The van der Waals surface area contributed by atoms with Crippen molar-refractivity contribution >= 4 is 0 Å². The van der Waals surface area contributed by atoms with Crippen LogP contribution in [0.1, 0.15) is 11.7 Å². The molecule has 0 aromatic carbocycles. The fraction of sp³-hybridized carbons (Fsp3) is 0.500. The van der Waals surface area contributed by atoms with Gasteiger partial charge in [-0.15, -0.1) is 0 Å². The zero-order chi connectivity index (χ0) is 7.40. The Labute approximate surface area is 58.7 Å². The lowest BCUT2D eigenvalue weighted by molar-refractivity contribution is 0.283. The van der Waals surface area contributed by atoms with Crippen molar-refractivity contribution in [1.82, 2.24) is 4.98 Å². The van der Waals surface area contributed by atoms with E-state index in [0.29, 0.717) is 24.6 Å². The summed E-state index contributed by atoms with van der Waals surface area (Å²) in [4.78, 5) is 3.87. The highest BCUT2D eigenvalue weighted by Crippen LogP contribution is 2.01. The summed E-state index contributed by atoms with van der Waals surface area (Å²) in [6.45, 7) is 0.420. The molecule has 0 saturated heterocycles. The summed E-state index contributed by atoms with van der Waals surface area (Å²) in [6.07, 6.45) is 2.03. The predicted molar refractivity (Wildman–Crippen MR) is 35.2 cm³/mol. The first-order chi connectivity index (χ1) is 4.86. The minimum atomic E-state index is 0.0600. The minimum absolute atomic E-state index is 0.0600. The van der Waals surface area contributed by atoms with Crippen LogP contribution in [0.2, 0.25) is 0 Å². The van der Waals surface area contributed by atoms with Gasteiger partial charge in [0, 0.05) is 6.42 Å². The third-order valence-corrected chi connectivity index (χ3v) is 1.13. The molecule has 10 heavy (non-hydrogen) atoms. The van der Waals surface area contributed by atoms with Gasteiger partial charge in [-0.3, -0.25) is 0 Å². The van der Waals surface area contributed by atoms with Crippen LogP contribution < -0.4 is 5.73 Å². The van der Waals surface area contributed by atoms with Crippen LogP contribution in [0.4, 0.5) is 0 Å². The lowest BCUT2D eigenvalue weighted by Crippen LogP contribution is -1.93. The van der Waals surface area contributed by atoms with Gasteiger partial charge < -0.3 is 15.3 Å². The average Bonchev–Trinajstić information content (AvgIpc) is 2.37. The van der Waals surface area contributed by atoms with Crippen LogP contribution in [0.3, 0.4) is 0 Å². The van der Waals surface area contributed by atoms with Gasteiger partial charge in [0.05, 0.1) is 19.3 Å². The monoisotopic (exact) mass is 142 g/mol. The van der Waals surface area contributed by atoms with Crippen molar-refractivity contribution in [2.75, 3.05) is 6.61 Å². The lowest BCUT2D eigenvalue weighted by Gasteiger charge is -1.87. The maximum absolute atomic E-state index is 8.47. The van der Waals surface area contributed by atoms with Crippen LogP contribution in [0.25, 0.3) is 0 Å². The molecule has 1 aromatic heterocycles. The number of hydrogen-bond donors (Lipinski definition) is 2. The second-order valence-corrected chi connectivity index (χ2v) is 1.90. The van der Waals surface area contributed by atoms with Crippen molar-refractivity contribution in [3.05, 3.63) is 17.8 Å². The molecule has 3 N–H and O–H groups in total. The summed E-state index contributed by atoms with van der Waals surface area (Å²) in [6, 6.07) is 0. The Hall–Kier alpha value is -0.870. The van der Waals surface area contributed by atoms with Crippen LogP contribution in [-0.4, -0.2) is 16.7 Å². The SMILES string of the molecule is NCc1cnc(CCO)o1. The molecule has 0 unspecified atom stereocenters. The predicted octanol–water partition coefficient (Wildman–Crippen LogP) is -0.332. The van der Waals surface area contributed by atoms with E-state index >= 15 is 0 Å². The van der Waals surface area contributed by atoms with Crippen LogP contribution >= 0.6 is 0 Å². The lowest BCUT2D eigenvalue weighted by atomic mass is 10.5. The number of oxazole rings is 1. The highest BCUT2D eigenvalue weighted by atomic mass is 16.4. The van der Waals surface area contributed by atoms with E-state index in [2.05, 4.69) is 4.98 Å². The van der Waals surface area contributed by atoms with Gasteiger partial charge in [0.15, 0.2) is 5.89 Å². The van der Waals surface area contributed by atoms with Crippen molar-refractivity contribution in [3.63, 3.8) is 0 Å². The van der Waals surface area contributed by atoms with Crippen LogP contribution in [0.5, 0.6) is 0 Å². The summed E-state index contributed by atoms with van der Waals surface area (Å²) in [5.74, 6) is 1.20. The molecule has 1 rings (SSSR count). The third-order valence-electron chi connectivity index (χ3n) is 1.13. The van der Waals surface area contributed by atoms with Gasteiger partial charge in [-0.25, -0.2) is 4.98 Å². The van der Waals surface area contributed by atoms with Crippen molar-refractivity contribution in [1.29, 1.82) is 0 Å². The van der Waals surface area contributed by atoms with Gasteiger partial charge in [0.1, 0.15) is 5.76 Å². The Morgan fingerprint density at radius 3 is 3.00 bits per heavy atom. The molecule has 1 aromatic rings. The third kappa shape index (κ3) is 1.55. The standard InChI is InChI=1S/C6H10N2O2/c7-3-5-4-8-6(10-5)1-2-9/h4,9H,1-3,7H2. The Bertz CT molecular complexity index is 197. The largest absolute Gasteiger partial charge is 0.444 e. The molecule has 4 heteroatoms. The molecule has 1 heterocycles. The molecule has 0 amide bonds. The Kier molecular flexibility index (Phi) is 2.42. The summed E-state index contributed by atoms with van der Waals surface area (Å²) in [7, 11) is 0. The maximum atomic E-state index is 8.47. The number of aromatic nitrogens is 1. The molecule has 56 valence electrons. The first-order valence-corrected chi connectivity index (χ1v) is 3.11. The van der Waals surface area contributed by atoms with E-state index < -0.39 is 0 Å². The number of nitrogens with two attached hydrogens (primary N) is 1. The molecular weight excluding hydrogens is 132 g/mol. The topological polar surface area (TPSA) is 72.3 Å². The quantitative estimate of drug-likeness (QED) is 0.606. The van der Waals surface area contributed by atoms with Gasteiger partial charge in [-0.1, -0.05) is 0 Å². The minimum Gasteiger partial charge on any atom is -0.444 e. The van der Waals surface area contributed by atoms with Gasteiger partial charge in [0.25, 0.3) is 0 Å². The first kappa shape index (κ1) is 7.24. The van der Waals surface area contributed by atoms with Crippen molar-refractivity contribution < 1.29 is 9.52 Å². The molecule has 0 saturated carbocycles. The highest BCUT2D eigenvalue weighted by Gasteiger charge is 1.99. The summed E-state index contributed by atoms with van der Waals surface area (Å²) in [5.41, 5.74) is 5.26. The van der Waals surface area contributed by atoms with Gasteiger partial charge >= 0.3 is 0 Å². The molecule has 0 spiro atoms. The Balaban J connectivity index is 2.59. The van der Waals surface area contributed by atoms with Crippen molar-refractivity contribution in [3.8, 4) is 0 Å².